The molecule has 0 radical (unpaired) electrons. The molecule has 1 heterocycles. The lowest BCUT2D eigenvalue weighted by molar-refractivity contribution is -0.146. The Labute approximate surface area is 211 Å². The molecule has 3 amide bonds. The lowest BCUT2D eigenvalue weighted by atomic mass is 9.63. The molecule has 7 rings (SSSR count). The van der Waals surface area contributed by atoms with Gasteiger partial charge in [-0.15, -0.1) is 0 Å². The standard InChI is InChI=1S/C27H24BrClN2O3/c1-13-9-19(28)20(29)12-21(13)30-25(32)22(10-14-5-3-2-4-6-14)31-26(33)23-15-7-8-16(18-11-17(15)18)24(23)27(31)34/h2-9,12,15-18,22-24H,10-11H2,1H3,(H,30,32)/t15-,16-,17-,18+,22-,23-,24+/m0/s1. The minimum atomic E-state index is -0.925. The van der Waals surface area contributed by atoms with Gasteiger partial charge >= 0.3 is 0 Å². The smallest absolute Gasteiger partial charge is 0.248 e. The number of rotatable bonds is 5. The number of anilines is 1. The number of nitrogens with zero attached hydrogens (tertiary/aromatic N) is 1. The van der Waals surface area contributed by atoms with Crippen LogP contribution in [0.1, 0.15) is 17.5 Å². The summed E-state index contributed by atoms with van der Waals surface area (Å²) in [4.78, 5) is 42.4. The molecular weight excluding hydrogens is 516 g/mol. The molecule has 174 valence electrons. The van der Waals surface area contributed by atoms with E-state index in [1.165, 1.54) is 4.90 Å². The quantitative estimate of drug-likeness (QED) is 0.429. The van der Waals surface area contributed by atoms with Crippen LogP contribution in [-0.4, -0.2) is 28.7 Å². The molecule has 2 bridgehead atoms. The normalized spacial score (nSPS) is 31.3. The van der Waals surface area contributed by atoms with Crippen LogP contribution in [0.5, 0.6) is 0 Å². The van der Waals surface area contributed by atoms with E-state index >= 15 is 0 Å². The molecule has 5 nitrogen and oxygen atoms in total. The highest BCUT2D eigenvalue weighted by Gasteiger charge is 2.67. The number of halogens is 2. The fourth-order valence-electron chi connectivity index (χ4n) is 6.42. The van der Waals surface area contributed by atoms with Gasteiger partial charge in [-0.25, -0.2) is 0 Å². The van der Waals surface area contributed by atoms with E-state index in [0.717, 1.165) is 22.0 Å². The average Bonchev–Trinajstić information content (AvgIpc) is 3.60. The van der Waals surface area contributed by atoms with Crippen LogP contribution in [0.3, 0.4) is 0 Å². The molecule has 5 aliphatic rings. The minimum Gasteiger partial charge on any atom is -0.324 e. The van der Waals surface area contributed by atoms with Crippen LogP contribution in [-0.2, 0) is 20.8 Å². The molecule has 1 N–H and O–H groups in total. The number of likely N-dealkylation sites (tertiary alicyclic amines) is 1. The Bertz CT molecular complexity index is 1210. The van der Waals surface area contributed by atoms with Crippen LogP contribution in [0.2, 0.25) is 5.02 Å². The van der Waals surface area contributed by atoms with Crippen LogP contribution in [0.25, 0.3) is 0 Å². The summed E-state index contributed by atoms with van der Waals surface area (Å²) in [5.41, 5.74) is 2.29. The van der Waals surface area contributed by atoms with E-state index in [2.05, 4.69) is 33.4 Å². The first-order valence-corrected chi connectivity index (χ1v) is 12.9. The van der Waals surface area contributed by atoms with Crippen molar-refractivity contribution in [1.82, 2.24) is 4.90 Å². The molecule has 34 heavy (non-hydrogen) atoms. The largest absolute Gasteiger partial charge is 0.324 e. The molecular formula is C27H24BrClN2O3. The number of hydrogen-bond donors (Lipinski definition) is 1. The summed E-state index contributed by atoms with van der Waals surface area (Å²) >= 11 is 9.67. The average molecular weight is 540 g/mol. The Morgan fingerprint density at radius 1 is 1.09 bits per heavy atom. The third kappa shape index (κ3) is 3.37. The number of amides is 3. The Morgan fingerprint density at radius 2 is 1.71 bits per heavy atom. The van der Waals surface area contributed by atoms with Crippen molar-refractivity contribution in [3.8, 4) is 0 Å². The number of carbonyl (C=O) groups is 3. The Morgan fingerprint density at radius 3 is 2.32 bits per heavy atom. The zero-order valence-corrected chi connectivity index (χ0v) is 20.9. The van der Waals surface area contributed by atoms with Crippen molar-refractivity contribution in [2.75, 3.05) is 5.32 Å². The van der Waals surface area contributed by atoms with Crippen molar-refractivity contribution in [3.63, 3.8) is 0 Å². The van der Waals surface area contributed by atoms with Gasteiger partial charge < -0.3 is 5.32 Å². The second-order valence-electron chi connectivity index (χ2n) is 9.98. The van der Waals surface area contributed by atoms with Crippen molar-refractivity contribution in [3.05, 3.63) is 75.2 Å². The lowest BCUT2D eigenvalue weighted by Crippen LogP contribution is -2.49. The summed E-state index contributed by atoms with van der Waals surface area (Å²) in [7, 11) is 0. The van der Waals surface area contributed by atoms with E-state index in [9.17, 15) is 14.4 Å². The zero-order valence-electron chi connectivity index (χ0n) is 18.6. The van der Waals surface area contributed by atoms with Crippen molar-refractivity contribution >= 4 is 50.9 Å². The summed E-state index contributed by atoms with van der Waals surface area (Å²) in [5, 5.41) is 3.42. The number of benzene rings is 2. The highest BCUT2D eigenvalue weighted by atomic mass is 79.9. The fourth-order valence-corrected chi connectivity index (χ4v) is 7.04. The van der Waals surface area contributed by atoms with E-state index in [1.54, 1.807) is 6.07 Å². The molecule has 3 fully saturated rings. The second-order valence-corrected chi connectivity index (χ2v) is 11.2. The lowest BCUT2D eigenvalue weighted by Gasteiger charge is -2.37. The molecule has 2 saturated carbocycles. The molecule has 4 aliphatic carbocycles. The molecule has 0 unspecified atom stereocenters. The Hall–Kier alpha value is -2.44. The van der Waals surface area contributed by atoms with Gasteiger partial charge in [-0.3, -0.25) is 19.3 Å². The summed E-state index contributed by atoms with van der Waals surface area (Å²) in [6.07, 6.45) is 5.66. The van der Waals surface area contributed by atoms with Gasteiger partial charge in [0, 0.05) is 16.6 Å². The summed E-state index contributed by atoms with van der Waals surface area (Å²) in [5.74, 6) is -0.158. The van der Waals surface area contributed by atoms with Crippen molar-refractivity contribution in [2.24, 2.45) is 35.5 Å². The van der Waals surface area contributed by atoms with Gasteiger partial charge in [0.25, 0.3) is 0 Å². The predicted octanol–water partition coefficient (Wildman–Crippen LogP) is 5.01. The maximum atomic E-state index is 13.7. The Kier molecular flexibility index (Phi) is 5.23. The molecule has 2 aromatic carbocycles. The van der Waals surface area contributed by atoms with Crippen LogP contribution in [0.15, 0.2) is 59.1 Å². The monoisotopic (exact) mass is 538 g/mol. The van der Waals surface area contributed by atoms with Crippen LogP contribution < -0.4 is 5.32 Å². The molecule has 1 aliphatic heterocycles. The fraction of sp³-hybridized carbons (Fsp3) is 0.370. The number of nitrogens with one attached hydrogen (secondary N) is 1. The van der Waals surface area contributed by atoms with Crippen molar-refractivity contribution in [2.45, 2.75) is 25.8 Å². The maximum Gasteiger partial charge on any atom is 0.248 e. The third-order valence-corrected chi connectivity index (χ3v) is 9.31. The van der Waals surface area contributed by atoms with Gasteiger partial charge in [0.15, 0.2) is 0 Å². The zero-order chi connectivity index (χ0) is 23.7. The first-order valence-electron chi connectivity index (χ1n) is 11.7. The van der Waals surface area contributed by atoms with E-state index < -0.39 is 6.04 Å². The van der Waals surface area contributed by atoms with Crippen molar-refractivity contribution < 1.29 is 14.4 Å². The SMILES string of the molecule is Cc1cc(Br)c(Cl)cc1NC(=O)[C@H](Cc1ccccc1)N1C(=O)[C@@H]2[C@H]3C=C[C@@H]([C@@H]4C[C@H]34)[C@@H]2C1=O. The molecule has 0 aromatic heterocycles. The number of imide groups is 1. The van der Waals surface area contributed by atoms with Crippen LogP contribution >= 0.6 is 27.5 Å². The van der Waals surface area contributed by atoms with Gasteiger partial charge in [-0.2, -0.15) is 0 Å². The Balaban J connectivity index is 1.34. The third-order valence-electron chi connectivity index (χ3n) is 8.11. The molecule has 2 aromatic rings. The molecule has 7 heteroatoms. The van der Waals surface area contributed by atoms with E-state index in [-0.39, 0.29) is 47.8 Å². The summed E-state index contributed by atoms with van der Waals surface area (Å²) < 4.78 is 0.737. The van der Waals surface area contributed by atoms with Gasteiger partial charge in [0.1, 0.15) is 6.04 Å². The predicted molar refractivity (Wildman–Crippen MR) is 133 cm³/mol. The van der Waals surface area contributed by atoms with Gasteiger partial charge in [0.05, 0.1) is 16.9 Å². The van der Waals surface area contributed by atoms with Gasteiger partial charge in [-0.1, -0.05) is 54.1 Å². The minimum absolute atomic E-state index is 0.120. The van der Waals surface area contributed by atoms with Crippen LogP contribution in [0.4, 0.5) is 5.69 Å². The number of carbonyl (C=O) groups excluding carboxylic acids is 3. The molecule has 0 spiro atoms. The maximum absolute atomic E-state index is 13.7. The van der Waals surface area contributed by atoms with E-state index in [4.69, 9.17) is 11.6 Å². The number of allylic oxidation sites excluding steroid dienone is 2. The number of aryl methyl sites for hydroxylation is 1. The van der Waals surface area contributed by atoms with Crippen molar-refractivity contribution in [1.29, 1.82) is 0 Å². The second kappa shape index (κ2) is 8.06. The topological polar surface area (TPSA) is 66.5 Å². The highest BCUT2D eigenvalue weighted by Crippen LogP contribution is 2.65. The molecule has 7 atom stereocenters. The van der Waals surface area contributed by atoms with Crippen LogP contribution in [0, 0.1) is 42.4 Å². The van der Waals surface area contributed by atoms with Gasteiger partial charge in [-0.05, 0) is 76.2 Å². The summed E-state index contributed by atoms with van der Waals surface area (Å²) in [6, 6.07) is 12.1. The van der Waals surface area contributed by atoms with E-state index in [0.29, 0.717) is 22.5 Å². The first-order chi connectivity index (χ1) is 16.3. The highest BCUT2D eigenvalue weighted by molar-refractivity contribution is 9.10. The first kappa shape index (κ1) is 22.1. The summed E-state index contributed by atoms with van der Waals surface area (Å²) in [6.45, 7) is 1.87. The van der Waals surface area contributed by atoms with Gasteiger partial charge in [0.2, 0.25) is 17.7 Å². The van der Waals surface area contributed by atoms with E-state index in [1.807, 2.05) is 43.3 Å². The number of hydrogen-bond acceptors (Lipinski definition) is 3. The molecule has 1 saturated heterocycles.